The summed E-state index contributed by atoms with van der Waals surface area (Å²) in [5.41, 5.74) is 0.225. The maximum absolute atomic E-state index is 13.5. The molecule has 0 N–H and O–H groups in total. The molecule has 1 aliphatic rings. The third kappa shape index (κ3) is 4.81. The minimum Gasteiger partial charge on any atom is -0.353 e. The lowest BCUT2D eigenvalue weighted by molar-refractivity contribution is -0.141. The number of imidazole rings is 1. The topological polar surface area (TPSA) is 71.6 Å². The maximum Gasteiger partial charge on any atom is 0.433 e. The number of unbranched alkanes of at least 4 members (excludes halogenated alkanes) is 1. The average molecular weight is 464 g/mol. The normalized spacial score (nSPS) is 14.0. The van der Waals surface area contributed by atoms with Gasteiger partial charge in [-0.3, -0.25) is 13.9 Å². The zero-order chi connectivity index (χ0) is 23.6. The first kappa shape index (κ1) is 23.1. The van der Waals surface area contributed by atoms with E-state index in [0.29, 0.717) is 30.2 Å². The highest BCUT2D eigenvalue weighted by atomic mass is 19.4. The van der Waals surface area contributed by atoms with E-state index in [1.165, 1.54) is 17.1 Å². The van der Waals surface area contributed by atoms with Crippen LogP contribution in [0.5, 0.6) is 0 Å². The standard InChI is InChI=1S/C22H28F3N7O/c1-3-5-8-29(7-4-2)19(33)15-31-13-16(11-27-31)17-14-32-18(22(23,24)25)12-26-20(32)21(28-17)30-9-6-10-30/h11-14H,3-10,15H2,1-2H3. The highest BCUT2D eigenvalue weighted by molar-refractivity contribution is 5.76. The molecule has 0 bridgehead atoms. The molecule has 1 fully saturated rings. The van der Waals surface area contributed by atoms with Crippen LogP contribution < -0.4 is 4.90 Å². The van der Waals surface area contributed by atoms with E-state index < -0.39 is 11.9 Å². The predicted octanol–water partition coefficient (Wildman–Crippen LogP) is 3.86. The summed E-state index contributed by atoms with van der Waals surface area (Å²) in [6, 6.07) is 0. The van der Waals surface area contributed by atoms with E-state index in [-0.39, 0.29) is 18.1 Å². The van der Waals surface area contributed by atoms with Crippen LogP contribution in [0.3, 0.4) is 0 Å². The van der Waals surface area contributed by atoms with Crippen molar-refractivity contribution in [3.8, 4) is 11.3 Å². The monoisotopic (exact) mass is 463 g/mol. The molecule has 8 nitrogen and oxygen atoms in total. The summed E-state index contributed by atoms with van der Waals surface area (Å²) in [5, 5.41) is 4.27. The number of nitrogens with zero attached hydrogens (tertiary/aromatic N) is 7. The Kier molecular flexibility index (Phi) is 6.57. The smallest absolute Gasteiger partial charge is 0.353 e. The third-order valence-corrected chi connectivity index (χ3v) is 5.77. The van der Waals surface area contributed by atoms with Crippen molar-refractivity contribution in [2.45, 2.75) is 52.3 Å². The van der Waals surface area contributed by atoms with Gasteiger partial charge in [-0.15, -0.1) is 0 Å². The number of aromatic nitrogens is 5. The number of fused-ring (bicyclic) bond motifs is 1. The minimum absolute atomic E-state index is 0.0291. The molecule has 0 unspecified atom stereocenters. The second kappa shape index (κ2) is 9.40. The van der Waals surface area contributed by atoms with E-state index in [1.54, 1.807) is 6.20 Å². The average Bonchev–Trinajstić information content (AvgIpc) is 3.36. The summed E-state index contributed by atoms with van der Waals surface area (Å²) >= 11 is 0. The third-order valence-electron chi connectivity index (χ3n) is 5.77. The van der Waals surface area contributed by atoms with E-state index in [4.69, 9.17) is 0 Å². The maximum atomic E-state index is 13.5. The van der Waals surface area contributed by atoms with Gasteiger partial charge >= 0.3 is 6.18 Å². The number of halogens is 3. The van der Waals surface area contributed by atoms with E-state index in [1.807, 2.05) is 16.7 Å². The molecule has 0 atom stereocenters. The van der Waals surface area contributed by atoms with Crippen molar-refractivity contribution in [1.29, 1.82) is 0 Å². The Morgan fingerprint density at radius 2 is 1.91 bits per heavy atom. The van der Waals surface area contributed by atoms with Gasteiger partial charge in [0.15, 0.2) is 11.5 Å². The lowest BCUT2D eigenvalue weighted by Crippen LogP contribution is -2.38. The molecule has 0 spiro atoms. The molecule has 0 aliphatic carbocycles. The molecule has 3 aromatic rings. The zero-order valence-corrected chi connectivity index (χ0v) is 18.8. The van der Waals surface area contributed by atoms with E-state index >= 15 is 0 Å². The van der Waals surface area contributed by atoms with Crippen molar-refractivity contribution in [3.05, 3.63) is 30.5 Å². The molecule has 0 aromatic carbocycles. The van der Waals surface area contributed by atoms with Crippen LogP contribution in [0.1, 0.15) is 45.2 Å². The molecule has 3 aromatic heterocycles. The summed E-state index contributed by atoms with van der Waals surface area (Å²) in [6.45, 7) is 7.01. The minimum atomic E-state index is -4.54. The number of anilines is 1. The molecule has 1 aliphatic heterocycles. The van der Waals surface area contributed by atoms with Crippen LogP contribution >= 0.6 is 0 Å². The molecule has 0 radical (unpaired) electrons. The lowest BCUT2D eigenvalue weighted by atomic mass is 10.2. The van der Waals surface area contributed by atoms with Gasteiger partial charge in [0, 0.05) is 44.1 Å². The highest BCUT2D eigenvalue weighted by Gasteiger charge is 2.36. The largest absolute Gasteiger partial charge is 0.433 e. The van der Waals surface area contributed by atoms with Crippen LogP contribution in [0.2, 0.25) is 0 Å². The quantitative estimate of drug-likeness (QED) is 0.482. The predicted molar refractivity (Wildman–Crippen MR) is 118 cm³/mol. The fourth-order valence-corrected chi connectivity index (χ4v) is 3.86. The van der Waals surface area contributed by atoms with Crippen LogP contribution in [0.25, 0.3) is 16.9 Å². The summed E-state index contributed by atoms with van der Waals surface area (Å²) in [4.78, 5) is 25.1. The number of hydrogen-bond donors (Lipinski definition) is 0. The number of amides is 1. The van der Waals surface area contributed by atoms with Gasteiger partial charge in [-0.25, -0.2) is 9.97 Å². The van der Waals surface area contributed by atoms with E-state index in [9.17, 15) is 18.0 Å². The van der Waals surface area contributed by atoms with Crippen LogP contribution in [-0.2, 0) is 17.5 Å². The summed E-state index contributed by atoms with van der Waals surface area (Å²) in [6.07, 6.45) is 4.58. The van der Waals surface area contributed by atoms with Crippen LogP contribution in [-0.4, -0.2) is 61.1 Å². The Morgan fingerprint density at radius 1 is 1.12 bits per heavy atom. The molecular weight excluding hydrogens is 435 g/mol. The second-order valence-corrected chi connectivity index (χ2v) is 8.29. The van der Waals surface area contributed by atoms with Crippen molar-refractivity contribution >= 4 is 17.4 Å². The summed E-state index contributed by atoms with van der Waals surface area (Å²) in [7, 11) is 0. The molecule has 4 rings (SSSR count). The SMILES string of the molecule is CCCCN(CCC)C(=O)Cn1cc(-c2cn3c(C(F)(F)F)cnc3c(N3CCC3)n2)cn1. The van der Waals surface area contributed by atoms with Gasteiger partial charge in [-0.1, -0.05) is 20.3 Å². The number of alkyl halides is 3. The van der Waals surface area contributed by atoms with Crippen molar-refractivity contribution < 1.29 is 18.0 Å². The first-order valence-corrected chi connectivity index (χ1v) is 11.3. The Hall–Kier alpha value is -3.11. The van der Waals surface area contributed by atoms with Gasteiger partial charge in [0.05, 0.1) is 18.1 Å². The first-order chi connectivity index (χ1) is 15.8. The van der Waals surface area contributed by atoms with Gasteiger partial charge in [0.2, 0.25) is 5.91 Å². The molecule has 0 saturated carbocycles. The molecule has 11 heteroatoms. The Bertz CT molecular complexity index is 1120. The van der Waals surface area contributed by atoms with E-state index in [2.05, 4.69) is 22.0 Å². The van der Waals surface area contributed by atoms with Crippen molar-refractivity contribution in [1.82, 2.24) is 29.0 Å². The van der Waals surface area contributed by atoms with Crippen LogP contribution in [0.4, 0.5) is 19.0 Å². The summed E-state index contributed by atoms with van der Waals surface area (Å²) < 4.78 is 43.2. The lowest BCUT2D eigenvalue weighted by Gasteiger charge is -2.32. The molecule has 33 heavy (non-hydrogen) atoms. The van der Waals surface area contributed by atoms with Gasteiger partial charge in [-0.05, 0) is 19.3 Å². The Labute approximate surface area is 190 Å². The molecule has 1 amide bonds. The first-order valence-electron chi connectivity index (χ1n) is 11.3. The van der Waals surface area contributed by atoms with E-state index in [0.717, 1.165) is 49.4 Å². The van der Waals surface area contributed by atoms with Crippen molar-refractivity contribution in [3.63, 3.8) is 0 Å². The van der Waals surface area contributed by atoms with Gasteiger partial charge in [0.25, 0.3) is 0 Å². The number of hydrogen-bond acceptors (Lipinski definition) is 5. The number of carbonyl (C=O) groups is 1. The Balaban J connectivity index is 1.64. The fourth-order valence-electron chi connectivity index (χ4n) is 3.86. The molecule has 178 valence electrons. The van der Waals surface area contributed by atoms with Gasteiger partial charge in [-0.2, -0.15) is 18.3 Å². The number of rotatable bonds is 9. The summed E-state index contributed by atoms with van der Waals surface area (Å²) in [5.74, 6) is 0.394. The molecule has 1 saturated heterocycles. The highest BCUT2D eigenvalue weighted by Crippen LogP contribution is 2.34. The molecular formula is C22H28F3N7O. The Morgan fingerprint density at radius 3 is 2.55 bits per heavy atom. The van der Waals surface area contributed by atoms with Gasteiger partial charge in [0.1, 0.15) is 12.2 Å². The van der Waals surface area contributed by atoms with Crippen LogP contribution in [0.15, 0.2) is 24.8 Å². The van der Waals surface area contributed by atoms with Crippen molar-refractivity contribution in [2.24, 2.45) is 0 Å². The molecule has 4 heterocycles. The number of carbonyl (C=O) groups excluding carboxylic acids is 1. The fraction of sp³-hybridized carbons (Fsp3) is 0.545. The van der Waals surface area contributed by atoms with Crippen molar-refractivity contribution in [2.75, 3.05) is 31.1 Å². The van der Waals surface area contributed by atoms with Gasteiger partial charge < -0.3 is 9.80 Å². The zero-order valence-electron chi connectivity index (χ0n) is 18.8. The van der Waals surface area contributed by atoms with Crippen LogP contribution in [0, 0.1) is 0 Å². The second-order valence-electron chi connectivity index (χ2n) is 8.29.